The molecule has 0 amide bonds. The minimum atomic E-state index is -0.560. The Morgan fingerprint density at radius 2 is 1.93 bits per heavy atom. The Hall–Kier alpha value is -1.75. The number of rotatable bonds is 1. The quantitative estimate of drug-likeness (QED) is 0.722. The van der Waals surface area contributed by atoms with Crippen LogP contribution in [0.15, 0.2) is 33.9 Å². The van der Waals surface area contributed by atoms with Gasteiger partial charge in [-0.1, -0.05) is 23.7 Å². The molecule has 1 heterocycles. The number of aromatic amines is 2. The molecule has 0 atom stereocenters. The lowest BCUT2D eigenvalue weighted by Gasteiger charge is -2.01. The van der Waals surface area contributed by atoms with E-state index in [0.717, 1.165) is 4.68 Å². The summed E-state index contributed by atoms with van der Waals surface area (Å²) < 4.78 is 1.06. The largest absolute Gasteiger partial charge is 0.349 e. The van der Waals surface area contributed by atoms with Crippen LogP contribution in [-0.4, -0.2) is 14.8 Å². The first kappa shape index (κ1) is 8.83. The molecule has 0 aliphatic rings. The van der Waals surface area contributed by atoms with Crippen molar-refractivity contribution < 1.29 is 0 Å². The number of benzene rings is 1. The fraction of sp³-hybridized carbons (Fsp3) is 0. The summed E-state index contributed by atoms with van der Waals surface area (Å²) >= 11 is 5.84. The summed E-state index contributed by atoms with van der Waals surface area (Å²) in [6, 6.07) is 6.72. The van der Waals surface area contributed by atoms with Crippen molar-refractivity contribution in [3.05, 3.63) is 50.3 Å². The smallest absolute Gasteiger partial charge is 0.256 e. The summed E-state index contributed by atoms with van der Waals surface area (Å²) in [6.07, 6.45) is 0. The number of halogens is 1. The molecule has 0 fully saturated rings. The molecule has 0 saturated heterocycles. The average Bonchev–Trinajstić information content (AvgIpc) is 2.46. The van der Waals surface area contributed by atoms with Gasteiger partial charge in [-0.15, -0.1) is 0 Å². The lowest BCUT2D eigenvalue weighted by atomic mass is 10.3. The van der Waals surface area contributed by atoms with Crippen LogP contribution in [0.2, 0.25) is 5.02 Å². The van der Waals surface area contributed by atoms with Crippen LogP contribution in [-0.2, 0) is 0 Å². The molecule has 2 N–H and O–H groups in total. The zero-order valence-electron chi connectivity index (χ0n) is 6.95. The number of nitrogens with one attached hydrogen (secondary N) is 2. The van der Waals surface area contributed by atoms with Gasteiger partial charge in [0, 0.05) is 0 Å². The highest BCUT2D eigenvalue weighted by Gasteiger charge is 2.05. The van der Waals surface area contributed by atoms with Gasteiger partial charge in [0.15, 0.2) is 0 Å². The van der Waals surface area contributed by atoms with Crippen molar-refractivity contribution in [3.8, 4) is 5.69 Å². The second-order valence-electron chi connectivity index (χ2n) is 2.66. The topological polar surface area (TPSA) is 70.7 Å². The number of hydrogen-bond acceptors (Lipinski definition) is 2. The number of nitrogens with zero attached hydrogens (tertiary/aromatic N) is 1. The van der Waals surface area contributed by atoms with E-state index in [9.17, 15) is 9.59 Å². The SMILES string of the molecule is O=c1[nH]c(=O)n(-c2ccccc2Cl)[nH]1. The fourth-order valence-corrected chi connectivity index (χ4v) is 1.36. The van der Waals surface area contributed by atoms with E-state index >= 15 is 0 Å². The molecule has 0 saturated carbocycles. The highest BCUT2D eigenvalue weighted by atomic mass is 35.5. The predicted octanol–water partition coefficient (Wildman–Crippen LogP) is 0.507. The van der Waals surface area contributed by atoms with Crippen LogP contribution in [0.25, 0.3) is 5.69 Å². The number of hydrogen-bond donors (Lipinski definition) is 2. The second kappa shape index (κ2) is 3.19. The van der Waals surface area contributed by atoms with Gasteiger partial charge >= 0.3 is 11.4 Å². The van der Waals surface area contributed by atoms with Gasteiger partial charge in [-0.25, -0.2) is 14.7 Å². The molecule has 0 aliphatic carbocycles. The Bertz CT molecular complexity index is 566. The molecule has 72 valence electrons. The van der Waals surface area contributed by atoms with Crippen LogP contribution in [0.3, 0.4) is 0 Å². The van der Waals surface area contributed by atoms with Crippen LogP contribution in [0.4, 0.5) is 0 Å². The number of para-hydroxylation sites is 1. The van der Waals surface area contributed by atoms with E-state index in [1.807, 2.05) is 0 Å². The van der Waals surface area contributed by atoms with Crippen molar-refractivity contribution in [1.82, 2.24) is 14.8 Å². The lowest BCUT2D eigenvalue weighted by molar-refractivity contribution is 0.834. The Kier molecular flexibility index (Phi) is 2.01. The Labute approximate surface area is 82.9 Å². The van der Waals surface area contributed by atoms with Crippen LogP contribution < -0.4 is 11.4 Å². The van der Waals surface area contributed by atoms with Crippen LogP contribution >= 0.6 is 11.6 Å². The lowest BCUT2D eigenvalue weighted by Crippen LogP contribution is -2.16. The van der Waals surface area contributed by atoms with Crippen LogP contribution in [0.1, 0.15) is 0 Å². The monoisotopic (exact) mass is 211 g/mol. The van der Waals surface area contributed by atoms with Crippen molar-refractivity contribution in [3.63, 3.8) is 0 Å². The van der Waals surface area contributed by atoms with Crippen LogP contribution in [0, 0.1) is 0 Å². The summed E-state index contributed by atoms with van der Waals surface area (Å²) in [6.45, 7) is 0. The molecule has 2 rings (SSSR count). The fourth-order valence-electron chi connectivity index (χ4n) is 1.14. The van der Waals surface area contributed by atoms with E-state index in [0.29, 0.717) is 10.7 Å². The van der Waals surface area contributed by atoms with Gasteiger partial charge in [0.2, 0.25) is 0 Å². The number of H-pyrrole nitrogens is 2. The standard InChI is InChI=1S/C8H6ClN3O2/c9-5-3-1-2-4-6(5)12-8(14)10-7(13)11-12/h1-4H,(H2,10,11,13,14). The Morgan fingerprint density at radius 3 is 2.50 bits per heavy atom. The minimum absolute atomic E-state index is 0.393. The maximum Gasteiger partial charge on any atom is 0.349 e. The van der Waals surface area contributed by atoms with E-state index < -0.39 is 11.4 Å². The Balaban J connectivity index is 2.72. The highest BCUT2D eigenvalue weighted by Crippen LogP contribution is 2.16. The summed E-state index contributed by atoms with van der Waals surface area (Å²) in [5.74, 6) is 0. The first-order valence-corrected chi connectivity index (χ1v) is 4.22. The zero-order valence-corrected chi connectivity index (χ0v) is 7.71. The van der Waals surface area contributed by atoms with Crippen molar-refractivity contribution >= 4 is 11.6 Å². The van der Waals surface area contributed by atoms with E-state index in [-0.39, 0.29) is 0 Å². The van der Waals surface area contributed by atoms with Crippen molar-refractivity contribution in [2.75, 3.05) is 0 Å². The second-order valence-corrected chi connectivity index (χ2v) is 3.07. The predicted molar refractivity (Wildman–Crippen MR) is 52.0 cm³/mol. The molecule has 14 heavy (non-hydrogen) atoms. The molecule has 5 nitrogen and oxygen atoms in total. The normalized spacial score (nSPS) is 10.4. The Morgan fingerprint density at radius 1 is 1.21 bits per heavy atom. The molecular formula is C8H6ClN3O2. The highest BCUT2D eigenvalue weighted by molar-refractivity contribution is 6.32. The summed E-state index contributed by atoms with van der Waals surface area (Å²) in [5.41, 5.74) is -0.657. The summed E-state index contributed by atoms with van der Waals surface area (Å²) in [7, 11) is 0. The van der Waals surface area contributed by atoms with Gasteiger partial charge in [-0.05, 0) is 12.1 Å². The van der Waals surface area contributed by atoms with E-state index in [2.05, 4.69) is 10.1 Å². The van der Waals surface area contributed by atoms with Gasteiger partial charge in [0.1, 0.15) is 0 Å². The van der Waals surface area contributed by atoms with Gasteiger partial charge in [-0.2, -0.15) is 4.68 Å². The van der Waals surface area contributed by atoms with E-state index in [1.165, 1.54) is 0 Å². The first-order chi connectivity index (χ1) is 6.68. The van der Waals surface area contributed by atoms with E-state index in [1.54, 1.807) is 24.3 Å². The molecular weight excluding hydrogens is 206 g/mol. The maximum atomic E-state index is 11.2. The van der Waals surface area contributed by atoms with Crippen LogP contribution in [0.5, 0.6) is 0 Å². The molecule has 1 aromatic carbocycles. The van der Waals surface area contributed by atoms with E-state index in [4.69, 9.17) is 11.6 Å². The van der Waals surface area contributed by atoms with Crippen molar-refractivity contribution in [2.45, 2.75) is 0 Å². The molecule has 0 spiro atoms. The summed E-state index contributed by atoms with van der Waals surface area (Å²) in [5, 5.41) is 2.70. The van der Waals surface area contributed by atoms with Gasteiger partial charge in [0.25, 0.3) is 0 Å². The minimum Gasteiger partial charge on any atom is -0.256 e. The van der Waals surface area contributed by atoms with Gasteiger partial charge in [0.05, 0.1) is 10.7 Å². The van der Waals surface area contributed by atoms with Gasteiger partial charge in [-0.3, -0.25) is 4.98 Å². The molecule has 6 heteroatoms. The third kappa shape index (κ3) is 1.38. The number of aromatic nitrogens is 3. The molecule has 2 aromatic rings. The zero-order chi connectivity index (χ0) is 10.1. The maximum absolute atomic E-state index is 11.2. The molecule has 0 aliphatic heterocycles. The summed E-state index contributed by atoms with van der Waals surface area (Å²) in [4.78, 5) is 24.1. The third-order valence-electron chi connectivity index (χ3n) is 1.73. The molecule has 0 bridgehead atoms. The molecule has 0 radical (unpaired) electrons. The first-order valence-electron chi connectivity index (χ1n) is 3.85. The molecule has 1 aromatic heterocycles. The van der Waals surface area contributed by atoms with Gasteiger partial charge < -0.3 is 0 Å². The van der Waals surface area contributed by atoms with Crippen molar-refractivity contribution in [1.29, 1.82) is 0 Å². The van der Waals surface area contributed by atoms with Crippen molar-refractivity contribution in [2.24, 2.45) is 0 Å². The average molecular weight is 212 g/mol. The molecule has 0 unspecified atom stereocenters. The third-order valence-corrected chi connectivity index (χ3v) is 2.05.